The number of hydrogen-bond acceptors (Lipinski definition) is 2. The Kier molecular flexibility index (Phi) is 3.03. The van der Waals surface area contributed by atoms with Gasteiger partial charge in [0.05, 0.1) is 11.1 Å². The van der Waals surface area contributed by atoms with Gasteiger partial charge >= 0.3 is 0 Å². The number of carbonyl (C=O) groups excluding carboxylic acids is 1. The normalized spacial score (nSPS) is 20.4. The Hall–Kier alpha value is -2.82. The van der Waals surface area contributed by atoms with E-state index in [2.05, 4.69) is 16.4 Å². The van der Waals surface area contributed by atoms with E-state index in [0.717, 1.165) is 40.9 Å². The van der Waals surface area contributed by atoms with Crippen LogP contribution in [0.15, 0.2) is 24.3 Å². The number of halogens is 1. The lowest BCUT2D eigenvalue weighted by Crippen LogP contribution is -2.14. The van der Waals surface area contributed by atoms with Gasteiger partial charge in [-0.15, -0.1) is 0 Å². The molecular formula is C21H20FN3O. The van der Waals surface area contributed by atoms with Crippen molar-refractivity contribution < 1.29 is 9.18 Å². The summed E-state index contributed by atoms with van der Waals surface area (Å²) >= 11 is 0. The van der Waals surface area contributed by atoms with Gasteiger partial charge in [-0.3, -0.25) is 4.79 Å². The van der Waals surface area contributed by atoms with Gasteiger partial charge in [-0.05, 0) is 60.9 Å². The van der Waals surface area contributed by atoms with E-state index in [1.165, 1.54) is 11.6 Å². The summed E-state index contributed by atoms with van der Waals surface area (Å²) in [6.45, 7) is 4.87. The van der Waals surface area contributed by atoms with Crippen LogP contribution in [-0.4, -0.2) is 17.4 Å². The van der Waals surface area contributed by atoms with E-state index in [1.54, 1.807) is 0 Å². The second kappa shape index (κ2) is 5.10. The highest BCUT2D eigenvalue weighted by Crippen LogP contribution is 2.56. The van der Waals surface area contributed by atoms with Crippen molar-refractivity contribution in [1.29, 1.82) is 0 Å². The van der Waals surface area contributed by atoms with Gasteiger partial charge in [-0.1, -0.05) is 12.1 Å². The average molecular weight is 349 g/mol. The van der Waals surface area contributed by atoms with Gasteiger partial charge in [0.25, 0.3) is 5.91 Å². The zero-order valence-corrected chi connectivity index (χ0v) is 14.7. The van der Waals surface area contributed by atoms with Crippen molar-refractivity contribution >= 4 is 22.5 Å². The van der Waals surface area contributed by atoms with E-state index in [9.17, 15) is 4.79 Å². The number of rotatable bonds is 2. The third-order valence-electron chi connectivity index (χ3n) is 6.02. The van der Waals surface area contributed by atoms with Crippen molar-refractivity contribution in [2.24, 2.45) is 11.7 Å². The quantitative estimate of drug-likeness (QED) is 0.648. The Morgan fingerprint density at radius 1 is 1.31 bits per heavy atom. The lowest BCUT2D eigenvalue weighted by molar-refractivity contribution is 0.100. The van der Waals surface area contributed by atoms with Gasteiger partial charge in [0.1, 0.15) is 5.82 Å². The number of amides is 1. The minimum absolute atomic E-state index is 0.199. The third kappa shape index (κ3) is 1.97. The van der Waals surface area contributed by atoms with Crippen LogP contribution in [0.2, 0.25) is 0 Å². The van der Waals surface area contributed by atoms with Crippen molar-refractivity contribution in [3.05, 3.63) is 52.5 Å². The van der Waals surface area contributed by atoms with E-state index >= 15 is 4.39 Å². The van der Waals surface area contributed by atoms with Crippen LogP contribution in [0.25, 0.3) is 22.0 Å². The monoisotopic (exact) mass is 349 g/mol. The first-order valence-electron chi connectivity index (χ1n) is 8.95. The molecule has 1 aliphatic heterocycles. The molecule has 1 saturated carbocycles. The lowest BCUT2D eigenvalue weighted by Gasteiger charge is -2.22. The van der Waals surface area contributed by atoms with Gasteiger partial charge in [0.2, 0.25) is 0 Å². The number of fused-ring (bicyclic) bond motifs is 4. The zero-order chi connectivity index (χ0) is 18.2. The Balaban J connectivity index is 1.89. The summed E-state index contributed by atoms with van der Waals surface area (Å²) in [5.74, 6) is 0.111. The Morgan fingerprint density at radius 3 is 2.88 bits per heavy atom. The van der Waals surface area contributed by atoms with Crippen LogP contribution in [-0.2, 0) is 0 Å². The molecule has 1 amide bonds. The van der Waals surface area contributed by atoms with E-state index in [-0.39, 0.29) is 5.56 Å². The fourth-order valence-electron chi connectivity index (χ4n) is 4.49. The Labute approximate surface area is 150 Å². The van der Waals surface area contributed by atoms with E-state index < -0.39 is 11.7 Å². The molecule has 0 spiro atoms. The van der Waals surface area contributed by atoms with E-state index in [0.29, 0.717) is 22.9 Å². The first-order valence-corrected chi connectivity index (χ1v) is 8.95. The number of H-pyrrole nitrogens is 1. The number of hydrogen-bond donors (Lipinski definition) is 3. The summed E-state index contributed by atoms with van der Waals surface area (Å²) in [4.78, 5) is 15.1. The number of anilines is 1. The molecule has 2 heterocycles. The number of primary amides is 1. The fraction of sp³-hybridized carbons (Fsp3) is 0.286. The van der Waals surface area contributed by atoms with Crippen molar-refractivity contribution in [2.45, 2.75) is 26.2 Å². The molecular weight excluding hydrogens is 329 g/mol. The van der Waals surface area contributed by atoms with Gasteiger partial charge in [-0.25, -0.2) is 4.39 Å². The predicted molar refractivity (Wildman–Crippen MR) is 101 cm³/mol. The van der Waals surface area contributed by atoms with Gasteiger partial charge < -0.3 is 16.0 Å². The minimum Gasteiger partial charge on any atom is -0.384 e. The second-order valence-electron chi connectivity index (χ2n) is 7.52. The smallest absolute Gasteiger partial charge is 0.250 e. The van der Waals surface area contributed by atoms with Crippen LogP contribution in [0.4, 0.5) is 10.1 Å². The predicted octanol–water partition coefficient (Wildman–Crippen LogP) is 4.22. The number of carbonyl (C=O) groups is 1. The van der Waals surface area contributed by atoms with Crippen LogP contribution >= 0.6 is 0 Å². The van der Waals surface area contributed by atoms with E-state index in [1.807, 2.05) is 26.0 Å². The fourth-order valence-corrected chi connectivity index (χ4v) is 4.49. The molecule has 1 aliphatic carbocycles. The lowest BCUT2D eigenvalue weighted by atomic mass is 9.88. The first-order chi connectivity index (χ1) is 12.5. The van der Waals surface area contributed by atoms with Crippen molar-refractivity contribution in [3.8, 4) is 11.1 Å². The summed E-state index contributed by atoms with van der Waals surface area (Å²) in [6, 6.07) is 7.29. The van der Waals surface area contributed by atoms with Crippen LogP contribution in [0, 0.1) is 25.6 Å². The molecule has 0 radical (unpaired) electrons. The maximum atomic E-state index is 15.3. The highest BCUT2D eigenvalue weighted by Gasteiger charge is 2.44. The van der Waals surface area contributed by atoms with Crippen LogP contribution in [0.5, 0.6) is 0 Å². The maximum Gasteiger partial charge on any atom is 0.250 e. The molecule has 0 saturated heterocycles. The maximum absolute atomic E-state index is 15.3. The molecule has 3 aromatic rings. The molecule has 5 rings (SSSR count). The highest BCUT2D eigenvalue weighted by molar-refractivity contribution is 6.11. The molecule has 2 atom stereocenters. The Bertz CT molecular complexity index is 1100. The largest absolute Gasteiger partial charge is 0.384 e. The molecule has 0 unspecified atom stereocenters. The number of nitrogens with two attached hydrogens (primary N) is 1. The number of aryl methyl sites for hydroxylation is 2. The summed E-state index contributed by atoms with van der Waals surface area (Å²) in [7, 11) is 0. The number of benzene rings is 2. The SMILES string of the molecule is Cc1[nH]c2c(C(N)=O)cc(F)c(-c3cccc4c3[C@H]3C[C@H]3CN4)c2c1C. The highest BCUT2D eigenvalue weighted by atomic mass is 19.1. The zero-order valence-electron chi connectivity index (χ0n) is 14.7. The molecule has 2 aliphatic rings. The molecule has 132 valence electrons. The summed E-state index contributed by atoms with van der Waals surface area (Å²) < 4.78 is 15.3. The molecule has 4 N–H and O–H groups in total. The van der Waals surface area contributed by atoms with Gasteiger partial charge in [0, 0.05) is 28.9 Å². The van der Waals surface area contributed by atoms with Gasteiger partial charge in [-0.2, -0.15) is 0 Å². The number of aromatic amines is 1. The van der Waals surface area contributed by atoms with Crippen molar-refractivity contribution in [1.82, 2.24) is 4.98 Å². The number of nitrogens with one attached hydrogen (secondary N) is 2. The van der Waals surface area contributed by atoms with Crippen LogP contribution < -0.4 is 11.1 Å². The van der Waals surface area contributed by atoms with Crippen molar-refractivity contribution in [3.63, 3.8) is 0 Å². The molecule has 2 aromatic carbocycles. The molecule has 5 heteroatoms. The first kappa shape index (κ1) is 15.4. The molecule has 0 bridgehead atoms. The minimum atomic E-state index is -0.624. The summed E-state index contributed by atoms with van der Waals surface area (Å²) in [5.41, 5.74) is 12.0. The molecule has 26 heavy (non-hydrogen) atoms. The van der Waals surface area contributed by atoms with Gasteiger partial charge in [0.15, 0.2) is 0 Å². The third-order valence-corrected chi connectivity index (χ3v) is 6.02. The summed E-state index contributed by atoms with van der Waals surface area (Å²) in [6.07, 6.45) is 1.15. The molecule has 1 fully saturated rings. The standard InChI is InChI=1S/C21H20FN3O/c1-9-10(2)25-20-14(21(23)26)7-15(22)19(17(9)20)12-4-3-5-16-18(12)13-6-11(13)8-24-16/h3-5,7,11,13,24-25H,6,8H2,1-2H3,(H2,23,26)/t11-,13-/m0/s1. The molecule has 4 nitrogen and oxygen atoms in total. The topological polar surface area (TPSA) is 70.9 Å². The van der Waals surface area contributed by atoms with Crippen molar-refractivity contribution in [2.75, 3.05) is 11.9 Å². The Morgan fingerprint density at radius 2 is 2.12 bits per heavy atom. The molecule has 1 aromatic heterocycles. The average Bonchev–Trinajstić information content (AvgIpc) is 3.35. The second-order valence-corrected chi connectivity index (χ2v) is 7.52. The number of aromatic nitrogens is 1. The van der Waals surface area contributed by atoms with Crippen LogP contribution in [0.1, 0.15) is 39.5 Å². The summed E-state index contributed by atoms with van der Waals surface area (Å²) in [5, 5.41) is 4.23. The van der Waals surface area contributed by atoms with E-state index in [4.69, 9.17) is 5.73 Å². The van der Waals surface area contributed by atoms with Crippen LogP contribution in [0.3, 0.4) is 0 Å².